The van der Waals surface area contributed by atoms with Gasteiger partial charge in [-0.25, -0.2) is 4.98 Å². The van der Waals surface area contributed by atoms with Crippen LogP contribution in [0.5, 0.6) is 0 Å². The first kappa shape index (κ1) is 12.2. The molecule has 1 aromatic heterocycles. The number of nitrogens with one attached hydrogen (secondary N) is 1. The lowest BCUT2D eigenvalue weighted by atomic mass is 10.2. The molecule has 0 saturated carbocycles. The minimum Gasteiger partial charge on any atom is -0.370 e. The van der Waals surface area contributed by atoms with Gasteiger partial charge in [0.15, 0.2) is 0 Å². The van der Waals surface area contributed by atoms with Crippen molar-refractivity contribution in [2.24, 2.45) is 0 Å². The van der Waals surface area contributed by atoms with Crippen molar-refractivity contribution in [1.82, 2.24) is 9.88 Å². The van der Waals surface area contributed by atoms with E-state index < -0.39 is 0 Å². The van der Waals surface area contributed by atoms with Crippen molar-refractivity contribution in [2.75, 3.05) is 25.0 Å². The van der Waals surface area contributed by atoms with Gasteiger partial charge in [-0.15, -0.1) is 0 Å². The lowest BCUT2D eigenvalue weighted by Crippen LogP contribution is -2.28. The third-order valence-electron chi connectivity index (χ3n) is 2.84. The monoisotopic (exact) mass is 253 g/mol. The van der Waals surface area contributed by atoms with E-state index >= 15 is 0 Å². The SMILES string of the molecule is CCNc1cc(C(=O)N2CCCC2)c(Cl)cn1. The van der Waals surface area contributed by atoms with Crippen LogP contribution in [0, 0.1) is 0 Å². The molecule has 1 fully saturated rings. The predicted octanol–water partition coefficient (Wildman–Crippen LogP) is 2.40. The number of pyridine rings is 1. The number of hydrogen-bond donors (Lipinski definition) is 1. The van der Waals surface area contributed by atoms with Crippen LogP contribution in [-0.4, -0.2) is 35.4 Å². The average molecular weight is 254 g/mol. The number of nitrogens with zero attached hydrogens (tertiary/aromatic N) is 2. The second-order valence-corrected chi connectivity index (χ2v) is 4.49. The fourth-order valence-electron chi connectivity index (χ4n) is 1.97. The van der Waals surface area contributed by atoms with E-state index in [0.717, 1.165) is 32.5 Å². The second kappa shape index (κ2) is 5.36. The molecule has 1 saturated heterocycles. The number of aromatic nitrogens is 1. The molecule has 17 heavy (non-hydrogen) atoms. The van der Waals surface area contributed by atoms with E-state index in [2.05, 4.69) is 10.3 Å². The molecule has 0 unspecified atom stereocenters. The third-order valence-corrected chi connectivity index (χ3v) is 3.14. The van der Waals surface area contributed by atoms with Crippen molar-refractivity contribution < 1.29 is 4.79 Å². The van der Waals surface area contributed by atoms with Gasteiger partial charge in [-0.2, -0.15) is 0 Å². The molecule has 1 aliphatic heterocycles. The molecule has 0 aromatic carbocycles. The molecular formula is C12H16ClN3O. The molecule has 0 radical (unpaired) electrons. The maximum atomic E-state index is 12.2. The Bertz CT molecular complexity index is 416. The largest absolute Gasteiger partial charge is 0.370 e. The van der Waals surface area contributed by atoms with Gasteiger partial charge in [0.2, 0.25) is 0 Å². The summed E-state index contributed by atoms with van der Waals surface area (Å²) in [5.74, 6) is 0.702. The highest BCUT2D eigenvalue weighted by Crippen LogP contribution is 2.21. The van der Waals surface area contributed by atoms with E-state index in [1.807, 2.05) is 11.8 Å². The number of carbonyl (C=O) groups excluding carboxylic acids is 1. The van der Waals surface area contributed by atoms with E-state index in [0.29, 0.717) is 16.4 Å². The summed E-state index contributed by atoms with van der Waals surface area (Å²) in [4.78, 5) is 18.2. The van der Waals surface area contributed by atoms with Crippen molar-refractivity contribution in [1.29, 1.82) is 0 Å². The highest BCUT2D eigenvalue weighted by atomic mass is 35.5. The standard InChI is InChI=1S/C12H16ClN3O/c1-2-14-11-7-9(10(13)8-15-11)12(17)16-5-3-4-6-16/h7-8H,2-6H2,1H3,(H,14,15). The molecule has 4 nitrogen and oxygen atoms in total. The summed E-state index contributed by atoms with van der Waals surface area (Å²) in [5, 5.41) is 3.50. The molecule has 1 N–H and O–H groups in total. The number of likely N-dealkylation sites (tertiary alicyclic amines) is 1. The van der Waals surface area contributed by atoms with Gasteiger partial charge >= 0.3 is 0 Å². The van der Waals surface area contributed by atoms with Crippen molar-refractivity contribution in [2.45, 2.75) is 19.8 Å². The molecule has 5 heteroatoms. The van der Waals surface area contributed by atoms with Crippen LogP contribution in [0.4, 0.5) is 5.82 Å². The van der Waals surface area contributed by atoms with E-state index in [1.54, 1.807) is 6.07 Å². The molecule has 2 rings (SSSR count). The van der Waals surface area contributed by atoms with Gasteiger partial charge in [0.05, 0.1) is 10.6 Å². The van der Waals surface area contributed by atoms with Gasteiger partial charge in [-0.3, -0.25) is 4.79 Å². The number of carbonyl (C=O) groups is 1. The molecule has 0 bridgehead atoms. The number of anilines is 1. The first-order chi connectivity index (χ1) is 8.22. The average Bonchev–Trinajstić information content (AvgIpc) is 2.85. The Labute approximate surface area is 106 Å². The van der Waals surface area contributed by atoms with Gasteiger partial charge in [-0.05, 0) is 25.8 Å². The number of halogens is 1. The number of rotatable bonds is 3. The summed E-state index contributed by atoms with van der Waals surface area (Å²) in [5.41, 5.74) is 0.541. The van der Waals surface area contributed by atoms with Crippen LogP contribution < -0.4 is 5.32 Å². The van der Waals surface area contributed by atoms with Crippen molar-refractivity contribution in [3.05, 3.63) is 22.8 Å². The zero-order valence-corrected chi connectivity index (χ0v) is 10.6. The minimum atomic E-state index is 0.00838. The molecular weight excluding hydrogens is 238 g/mol. The fourth-order valence-corrected chi connectivity index (χ4v) is 2.16. The van der Waals surface area contributed by atoms with Crippen molar-refractivity contribution in [3.8, 4) is 0 Å². The molecule has 0 atom stereocenters. The van der Waals surface area contributed by atoms with Gasteiger partial charge in [-0.1, -0.05) is 11.6 Å². The van der Waals surface area contributed by atoms with E-state index in [1.165, 1.54) is 6.20 Å². The van der Waals surface area contributed by atoms with Crippen LogP contribution in [0.2, 0.25) is 5.02 Å². The Balaban J connectivity index is 2.23. The molecule has 1 aromatic rings. The first-order valence-corrected chi connectivity index (χ1v) is 6.29. The fraction of sp³-hybridized carbons (Fsp3) is 0.500. The number of amides is 1. The molecule has 2 heterocycles. The maximum Gasteiger partial charge on any atom is 0.255 e. The van der Waals surface area contributed by atoms with Crippen molar-refractivity contribution in [3.63, 3.8) is 0 Å². The van der Waals surface area contributed by atoms with E-state index in [4.69, 9.17) is 11.6 Å². The Morgan fingerprint density at radius 3 is 2.88 bits per heavy atom. The Hall–Kier alpha value is -1.29. The van der Waals surface area contributed by atoms with Gasteiger partial charge < -0.3 is 10.2 Å². The summed E-state index contributed by atoms with van der Waals surface area (Å²) >= 11 is 6.03. The Morgan fingerprint density at radius 2 is 2.24 bits per heavy atom. The predicted molar refractivity (Wildman–Crippen MR) is 68.5 cm³/mol. The topological polar surface area (TPSA) is 45.2 Å². The van der Waals surface area contributed by atoms with Crippen LogP contribution in [0.15, 0.2) is 12.3 Å². The maximum absolute atomic E-state index is 12.2. The zero-order valence-electron chi connectivity index (χ0n) is 9.87. The van der Waals surface area contributed by atoms with E-state index in [9.17, 15) is 4.79 Å². The minimum absolute atomic E-state index is 0.00838. The van der Waals surface area contributed by atoms with Crippen LogP contribution in [0.3, 0.4) is 0 Å². The summed E-state index contributed by atoms with van der Waals surface area (Å²) in [6.07, 6.45) is 3.69. The van der Waals surface area contributed by atoms with E-state index in [-0.39, 0.29) is 5.91 Å². The highest BCUT2D eigenvalue weighted by molar-refractivity contribution is 6.33. The van der Waals surface area contributed by atoms with Crippen LogP contribution in [-0.2, 0) is 0 Å². The summed E-state index contributed by atoms with van der Waals surface area (Å²) in [7, 11) is 0. The van der Waals surface area contributed by atoms with Crippen LogP contribution in [0.25, 0.3) is 0 Å². The highest BCUT2D eigenvalue weighted by Gasteiger charge is 2.21. The Morgan fingerprint density at radius 1 is 1.53 bits per heavy atom. The normalized spacial score (nSPS) is 15.1. The quantitative estimate of drug-likeness (QED) is 0.900. The summed E-state index contributed by atoms with van der Waals surface area (Å²) < 4.78 is 0. The third kappa shape index (κ3) is 2.69. The van der Waals surface area contributed by atoms with Crippen LogP contribution >= 0.6 is 11.6 Å². The smallest absolute Gasteiger partial charge is 0.255 e. The summed E-state index contributed by atoms with van der Waals surface area (Å²) in [6.45, 7) is 4.41. The second-order valence-electron chi connectivity index (χ2n) is 4.08. The lowest BCUT2D eigenvalue weighted by Gasteiger charge is -2.16. The van der Waals surface area contributed by atoms with Gasteiger partial charge in [0.25, 0.3) is 5.91 Å². The van der Waals surface area contributed by atoms with Gasteiger partial charge in [0, 0.05) is 25.8 Å². The first-order valence-electron chi connectivity index (χ1n) is 5.91. The van der Waals surface area contributed by atoms with Gasteiger partial charge in [0.1, 0.15) is 5.82 Å². The van der Waals surface area contributed by atoms with Crippen LogP contribution in [0.1, 0.15) is 30.1 Å². The molecule has 92 valence electrons. The zero-order chi connectivity index (χ0) is 12.3. The summed E-state index contributed by atoms with van der Waals surface area (Å²) in [6, 6.07) is 1.73. The molecule has 0 aliphatic carbocycles. The number of hydrogen-bond acceptors (Lipinski definition) is 3. The Kier molecular flexibility index (Phi) is 3.84. The van der Waals surface area contributed by atoms with Crippen molar-refractivity contribution >= 4 is 23.3 Å². The molecule has 1 aliphatic rings. The lowest BCUT2D eigenvalue weighted by molar-refractivity contribution is 0.0793. The molecule has 0 spiro atoms. The molecule has 1 amide bonds.